The molecule has 119 valence electrons. The van der Waals surface area contributed by atoms with Crippen LogP contribution in [-0.4, -0.2) is 53.9 Å². The number of ether oxygens (including phenoxy) is 1. The highest BCUT2D eigenvalue weighted by Crippen LogP contribution is 2.15. The number of primary amides is 1. The molecule has 2 rings (SSSR count). The summed E-state index contributed by atoms with van der Waals surface area (Å²) >= 11 is 1.12. The van der Waals surface area contributed by atoms with E-state index in [2.05, 4.69) is 10.3 Å². The molecule has 0 bridgehead atoms. The third-order valence-electron chi connectivity index (χ3n) is 3.04. The van der Waals surface area contributed by atoms with Crippen molar-refractivity contribution in [3.63, 3.8) is 0 Å². The van der Waals surface area contributed by atoms with Crippen molar-refractivity contribution < 1.29 is 19.1 Å². The van der Waals surface area contributed by atoms with Gasteiger partial charge in [0, 0.05) is 24.9 Å². The average molecular weight is 325 g/mol. The Kier molecular flexibility index (Phi) is 5.84. The minimum absolute atomic E-state index is 0.0117. The fourth-order valence-electron chi connectivity index (χ4n) is 1.90. The highest BCUT2D eigenvalue weighted by Gasteiger charge is 2.17. The molecule has 0 saturated carbocycles. The van der Waals surface area contributed by atoms with Crippen LogP contribution in [0.5, 0.6) is 0 Å². The van der Waals surface area contributed by atoms with E-state index < -0.39 is 5.91 Å². The van der Waals surface area contributed by atoms with Crippen molar-refractivity contribution in [1.82, 2.24) is 9.88 Å². The second-order valence-corrected chi connectivity index (χ2v) is 5.49. The van der Waals surface area contributed by atoms with Gasteiger partial charge in [0.25, 0.3) is 5.91 Å². The van der Waals surface area contributed by atoms with Crippen LogP contribution in [0.25, 0.3) is 0 Å². The Balaban J connectivity index is 1.68. The summed E-state index contributed by atoms with van der Waals surface area (Å²) in [5, 5.41) is 4.30. The Morgan fingerprint density at radius 3 is 2.77 bits per heavy atom. The zero-order valence-corrected chi connectivity index (χ0v) is 12.7. The van der Waals surface area contributed by atoms with E-state index in [0.29, 0.717) is 37.9 Å². The number of nitrogens with two attached hydrogens (primary N) is 1. The number of hydrogen-bond donors (Lipinski definition) is 2. The highest BCUT2D eigenvalue weighted by atomic mass is 32.1. The number of amides is 3. The standard InChI is InChI=1S/C13H17N4O4S/c14-12(20)9-8-22-13(15-9)16-10(18)2-1-3-11(19)17-4-6-21-7-5-17/h2,8H,1,3-7H2,(H2,14,20)(H,15,16,18). The van der Waals surface area contributed by atoms with Crippen LogP contribution in [0.1, 0.15) is 23.3 Å². The second kappa shape index (κ2) is 7.85. The molecule has 9 heteroatoms. The molecule has 1 radical (unpaired) electrons. The van der Waals surface area contributed by atoms with Gasteiger partial charge in [-0.25, -0.2) is 4.98 Å². The lowest BCUT2D eigenvalue weighted by atomic mass is 10.2. The van der Waals surface area contributed by atoms with Crippen molar-refractivity contribution in [2.24, 2.45) is 5.73 Å². The summed E-state index contributed by atoms with van der Waals surface area (Å²) in [6.45, 7) is 2.31. The van der Waals surface area contributed by atoms with Crippen LogP contribution in [-0.2, 0) is 14.3 Å². The number of carbonyl (C=O) groups excluding carboxylic acids is 3. The van der Waals surface area contributed by atoms with Gasteiger partial charge < -0.3 is 20.7 Å². The van der Waals surface area contributed by atoms with Gasteiger partial charge in [0.1, 0.15) is 5.69 Å². The molecule has 0 atom stereocenters. The maximum atomic E-state index is 11.9. The molecule has 1 aliphatic heterocycles. The molecule has 0 spiro atoms. The van der Waals surface area contributed by atoms with E-state index in [1.165, 1.54) is 11.8 Å². The SMILES string of the molecule is NC(=O)c1csc(NC(=O)[CH]CCC(=O)N2CCOCC2)n1. The molecule has 1 aromatic rings. The topological polar surface area (TPSA) is 115 Å². The number of hydrogen-bond acceptors (Lipinski definition) is 6. The first kappa shape index (κ1) is 16.4. The number of morpholine rings is 1. The number of carbonyl (C=O) groups is 3. The Morgan fingerprint density at radius 2 is 2.14 bits per heavy atom. The van der Waals surface area contributed by atoms with Gasteiger partial charge in [-0.1, -0.05) is 0 Å². The maximum absolute atomic E-state index is 11.9. The van der Waals surface area contributed by atoms with Gasteiger partial charge in [0.2, 0.25) is 11.8 Å². The van der Waals surface area contributed by atoms with Gasteiger partial charge in [0.15, 0.2) is 5.13 Å². The molecule has 8 nitrogen and oxygen atoms in total. The molecular formula is C13H17N4O4S. The van der Waals surface area contributed by atoms with E-state index in [9.17, 15) is 14.4 Å². The van der Waals surface area contributed by atoms with Gasteiger partial charge >= 0.3 is 0 Å². The van der Waals surface area contributed by atoms with Gasteiger partial charge in [0.05, 0.1) is 19.6 Å². The molecule has 0 aromatic carbocycles. The minimum atomic E-state index is -0.642. The van der Waals surface area contributed by atoms with Gasteiger partial charge in [-0.2, -0.15) is 0 Å². The number of thiazole rings is 1. The van der Waals surface area contributed by atoms with Crippen LogP contribution in [0.3, 0.4) is 0 Å². The van der Waals surface area contributed by atoms with Crippen molar-refractivity contribution in [3.8, 4) is 0 Å². The molecule has 1 aliphatic rings. The van der Waals surface area contributed by atoms with Crippen molar-refractivity contribution >= 4 is 34.2 Å². The van der Waals surface area contributed by atoms with E-state index in [4.69, 9.17) is 10.5 Å². The molecule has 0 aliphatic carbocycles. The quantitative estimate of drug-likeness (QED) is 0.765. The number of nitrogens with zero attached hydrogens (tertiary/aromatic N) is 2. The first-order valence-corrected chi connectivity index (χ1v) is 7.69. The maximum Gasteiger partial charge on any atom is 0.268 e. The van der Waals surface area contributed by atoms with Crippen LogP contribution >= 0.6 is 11.3 Å². The lowest BCUT2D eigenvalue weighted by Crippen LogP contribution is -2.40. The lowest BCUT2D eigenvalue weighted by Gasteiger charge is -2.26. The minimum Gasteiger partial charge on any atom is -0.378 e. The summed E-state index contributed by atoms with van der Waals surface area (Å²) in [6, 6.07) is 0. The monoisotopic (exact) mass is 325 g/mol. The van der Waals surface area contributed by atoms with E-state index in [1.807, 2.05) is 0 Å². The van der Waals surface area contributed by atoms with Crippen LogP contribution in [0, 0.1) is 6.42 Å². The van der Waals surface area contributed by atoms with E-state index >= 15 is 0 Å². The molecular weight excluding hydrogens is 308 g/mol. The smallest absolute Gasteiger partial charge is 0.268 e. The summed E-state index contributed by atoms with van der Waals surface area (Å²) in [7, 11) is 0. The largest absolute Gasteiger partial charge is 0.378 e. The Morgan fingerprint density at radius 1 is 1.41 bits per heavy atom. The third-order valence-corrected chi connectivity index (χ3v) is 3.80. The number of rotatable bonds is 6. The Bertz CT molecular complexity index is 554. The van der Waals surface area contributed by atoms with Gasteiger partial charge in [-0.05, 0) is 6.42 Å². The summed E-state index contributed by atoms with van der Waals surface area (Å²) in [5.74, 6) is -0.991. The van der Waals surface area contributed by atoms with Gasteiger partial charge in [-0.3, -0.25) is 14.4 Å². The average Bonchev–Trinajstić information content (AvgIpc) is 2.96. The van der Waals surface area contributed by atoms with Crippen molar-refractivity contribution in [2.75, 3.05) is 31.6 Å². The number of nitrogens with one attached hydrogen (secondary N) is 1. The van der Waals surface area contributed by atoms with Crippen molar-refractivity contribution in [2.45, 2.75) is 12.8 Å². The lowest BCUT2D eigenvalue weighted by molar-refractivity contribution is -0.135. The number of aromatic nitrogens is 1. The normalized spacial score (nSPS) is 14.6. The molecule has 1 saturated heterocycles. The fraction of sp³-hybridized carbons (Fsp3) is 0.462. The third kappa shape index (κ3) is 4.78. The molecule has 1 aromatic heterocycles. The first-order valence-electron chi connectivity index (χ1n) is 6.81. The van der Waals surface area contributed by atoms with E-state index in [0.717, 1.165) is 11.3 Å². The molecule has 3 amide bonds. The summed E-state index contributed by atoms with van der Waals surface area (Å²) in [6.07, 6.45) is 2.01. The highest BCUT2D eigenvalue weighted by molar-refractivity contribution is 7.14. The first-order chi connectivity index (χ1) is 10.6. The van der Waals surface area contributed by atoms with E-state index in [-0.39, 0.29) is 23.9 Å². The summed E-state index contributed by atoms with van der Waals surface area (Å²) in [4.78, 5) is 40.1. The van der Waals surface area contributed by atoms with Crippen LogP contribution in [0.2, 0.25) is 0 Å². The Hall–Kier alpha value is -2.00. The summed E-state index contributed by atoms with van der Waals surface area (Å²) in [5.41, 5.74) is 5.19. The van der Waals surface area contributed by atoms with E-state index in [1.54, 1.807) is 4.90 Å². The van der Waals surface area contributed by atoms with Crippen LogP contribution < -0.4 is 11.1 Å². The summed E-state index contributed by atoms with van der Waals surface area (Å²) < 4.78 is 5.17. The molecule has 2 heterocycles. The Labute approximate surface area is 131 Å². The second-order valence-electron chi connectivity index (χ2n) is 4.63. The molecule has 3 N–H and O–H groups in total. The molecule has 0 unspecified atom stereocenters. The van der Waals surface area contributed by atoms with Crippen molar-refractivity contribution in [3.05, 3.63) is 17.5 Å². The fourth-order valence-corrected chi connectivity index (χ4v) is 2.60. The molecule has 22 heavy (non-hydrogen) atoms. The van der Waals surface area contributed by atoms with Crippen molar-refractivity contribution in [1.29, 1.82) is 0 Å². The zero-order chi connectivity index (χ0) is 15.9. The van der Waals surface area contributed by atoms with Crippen LogP contribution in [0.15, 0.2) is 5.38 Å². The number of anilines is 1. The predicted molar refractivity (Wildman–Crippen MR) is 80.2 cm³/mol. The zero-order valence-electron chi connectivity index (χ0n) is 11.9. The van der Waals surface area contributed by atoms with Gasteiger partial charge in [-0.15, -0.1) is 11.3 Å². The molecule has 1 fully saturated rings. The van der Waals surface area contributed by atoms with Crippen LogP contribution in [0.4, 0.5) is 5.13 Å². The predicted octanol–water partition coefficient (Wildman–Crippen LogP) is 0.0238.